The van der Waals surface area contributed by atoms with Gasteiger partial charge in [-0.3, -0.25) is 4.90 Å². The van der Waals surface area contributed by atoms with Gasteiger partial charge in [0, 0.05) is 25.2 Å². The molecule has 0 saturated carbocycles. The monoisotopic (exact) mass is 290 g/mol. The molecule has 1 aromatic rings. The van der Waals surface area contributed by atoms with Crippen LogP contribution in [0.25, 0.3) is 0 Å². The van der Waals surface area contributed by atoms with E-state index in [0.29, 0.717) is 0 Å². The fraction of sp³-hybridized carbons (Fsp3) is 0.667. The van der Waals surface area contributed by atoms with Crippen molar-refractivity contribution in [1.82, 2.24) is 10.2 Å². The summed E-state index contributed by atoms with van der Waals surface area (Å²) in [6, 6.07) is 6.57. The summed E-state index contributed by atoms with van der Waals surface area (Å²) in [7, 11) is 1.77. The van der Waals surface area contributed by atoms with Gasteiger partial charge < -0.3 is 10.1 Å². The minimum Gasteiger partial charge on any atom is -0.496 e. The number of nitrogens with zero attached hydrogens (tertiary/aromatic N) is 1. The molecule has 1 aliphatic heterocycles. The molecule has 2 rings (SSSR count). The Bertz CT molecular complexity index is 433. The quantitative estimate of drug-likeness (QED) is 0.794. The highest BCUT2D eigenvalue weighted by molar-refractivity contribution is 5.37. The van der Waals surface area contributed by atoms with Crippen LogP contribution in [0.1, 0.15) is 44.2 Å². The highest BCUT2D eigenvalue weighted by Gasteiger charge is 2.22. The lowest BCUT2D eigenvalue weighted by atomic mass is 10.0. The van der Waals surface area contributed by atoms with E-state index in [9.17, 15) is 0 Å². The maximum atomic E-state index is 5.54. The van der Waals surface area contributed by atoms with E-state index >= 15 is 0 Å². The first-order valence-corrected chi connectivity index (χ1v) is 8.35. The molecule has 0 amide bonds. The molecule has 1 saturated heterocycles. The fourth-order valence-corrected chi connectivity index (χ4v) is 3.28. The maximum Gasteiger partial charge on any atom is 0.123 e. The van der Waals surface area contributed by atoms with Gasteiger partial charge in [0.05, 0.1) is 7.11 Å². The molecule has 118 valence electrons. The average molecular weight is 290 g/mol. The topological polar surface area (TPSA) is 24.5 Å². The number of hydrogen-bond acceptors (Lipinski definition) is 3. The Kier molecular flexibility index (Phi) is 6.52. The zero-order valence-electron chi connectivity index (χ0n) is 13.8. The Labute approximate surface area is 129 Å². The van der Waals surface area contributed by atoms with Crippen LogP contribution < -0.4 is 10.1 Å². The van der Waals surface area contributed by atoms with Crippen LogP contribution in [0.2, 0.25) is 0 Å². The fourth-order valence-electron chi connectivity index (χ4n) is 3.28. The lowest BCUT2D eigenvalue weighted by Crippen LogP contribution is -2.21. The van der Waals surface area contributed by atoms with Crippen LogP contribution in [0.5, 0.6) is 5.75 Å². The normalized spacial score (nSPS) is 19.1. The summed E-state index contributed by atoms with van der Waals surface area (Å²) >= 11 is 0. The van der Waals surface area contributed by atoms with Crippen molar-refractivity contribution in [2.24, 2.45) is 5.92 Å². The molecule has 1 heterocycles. The number of ether oxygens (including phenoxy) is 1. The predicted molar refractivity (Wildman–Crippen MR) is 88.7 cm³/mol. The van der Waals surface area contributed by atoms with Crippen LogP contribution in [-0.2, 0) is 13.1 Å². The predicted octanol–water partition coefficient (Wildman–Crippen LogP) is 3.43. The number of nitrogens with one attached hydrogen (secondary N) is 1. The van der Waals surface area contributed by atoms with E-state index in [1.165, 1.54) is 43.5 Å². The van der Waals surface area contributed by atoms with Gasteiger partial charge in [-0.25, -0.2) is 0 Å². The molecule has 1 fully saturated rings. The van der Waals surface area contributed by atoms with Gasteiger partial charge in [-0.05, 0) is 49.5 Å². The van der Waals surface area contributed by atoms with E-state index in [1.807, 2.05) is 0 Å². The van der Waals surface area contributed by atoms with E-state index in [1.54, 1.807) is 7.11 Å². The van der Waals surface area contributed by atoms with Crippen molar-refractivity contribution in [3.63, 3.8) is 0 Å². The molecule has 1 atom stereocenters. The summed E-state index contributed by atoms with van der Waals surface area (Å²) < 4.78 is 5.54. The summed E-state index contributed by atoms with van der Waals surface area (Å²) in [6.45, 7) is 9.86. The van der Waals surface area contributed by atoms with Gasteiger partial charge in [0.2, 0.25) is 0 Å². The van der Waals surface area contributed by atoms with Crippen LogP contribution >= 0.6 is 0 Å². The van der Waals surface area contributed by atoms with Crippen LogP contribution in [0.4, 0.5) is 0 Å². The van der Waals surface area contributed by atoms with E-state index in [-0.39, 0.29) is 0 Å². The molecule has 3 heteroatoms. The second kappa shape index (κ2) is 8.40. The van der Waals surface area contributed by atoms with E-state index in [0.717, 1.165) is 31.3 Å². The SMILES string of the molecule is CCCC1CCN(Cc2cc(CNCC)ccc2OC)C1. The van der Waals surface area contributed by atoms with Crippen LogP contribution in [0.3, 0.4) is 0 Å². The minimum atomic E-state index is 0.894. The van der Waals surface area contributed by atoms with Crippen LogP contribution in [0, 0.1) is 5.92 Å². The third-order valence-electron chi connectivity index (χ3n) is 4.38. The summed E-state index contributed by atoms with van der Waals surface area (Å²) in [4.78, 5) is 2.58. The van der Waals surface area contributed by atoms with E-state index in [2.05, 4.69) is 42.3 Å². The molecule has 1 aliphatic rings. The molecule has 0 aliphatic carbocycles. The first-order valence-electron chi connectivity index (χ1n) is 8.35. The second-order valence-corrected chi connectivity index (χ2v) is 6.11. The number of likely N-dealkylation sites (tertiary alicyclic amines) is 1. The zero-order valence-corrected chi connectivity index (χ0v) is 13.8. The molecule has 21 heavy (non-hydrogen) atoms. The molecule has 1 aromatic carbocycles. The first-order chi connectivity index (χ1) is 10.3. The standard InChI is InChI=1S/C18H30N2O/c1-4-6-15-9-10-20(13-15)14-17-11-16(12-19-5-2)7-8-18(17)21-3/h7-8,11,15,19H,4-6,9-10,12-14H2,1-3H3. The molecule has 1 unspecified atom stereocenters. The summed E-state index contributed by atoms with van der Waals surface area (Å²) in [5.74, 6) is 1.92. The first kappa shape index (κ1) is 16.3. The average Bonchev–Trinajstić information content (AvgIpc) is 2.93. The van der Waals surface area contributed by atoms with E-state index in [4.69, 9.17) is 4.74 Å². The highest BCUT2D eigenvalue weighted by atomic mass is 16.5. The van der Waals surface area contributed by atoms with Gasteiger partial charge in [0.25, 0.3) is 0 Å². The summed E-state index contributed by atoms with van der Waals surface area (Å²) in [5, 5.41) is 3.39. The van der Waals surface area contributed by atoms with Crippen molar-refractivity contribution in [3.8, 4) is 5.75 Å². The Hall–Kier alpha value is -1.06. The van der Waals surface area contributed by atoms with Crippen molar-refractivity contribution < 1.29 is 4.74 Å². The van der Waals surface area contributed by atoms with Crippen LogP contribution in [-0.4, -0.2) is 31.6 Å². The van der Waals surface area contributed by atoms with Gasteiger partial charge in [-0.2, -0.15) is 0 Å². The molecule has 0 aromatic heterocycles. The minimum absolute atomic E-state index is 0.894. The Morgan fingerprint density at radius 3 is 2.90 bits per heavy atom. The molecule has 3 nitrogen and oxygen atoms in total. The number of hydrogen-bond donors (Lipinski definition) is 1. The van der Waals surface area contributed by atoms with Crippen molar-refractivity contribution in [3.05, 3.63) is 29.3 Å². The van der Waals surface area contributed by atoms with Crippen molar-refractivity contribution in [1.29, 1.82) is 0 Å². The van der Waals surface area contributed by atoms with Crippen molar-refractivity contribution in [2.75, 3.05) is 26.7 Å². The lowest BCUT2D eigenvalue weighted by molar-refractivity contribution is 0.305. The van der Waals surface area contributed by atoms with Gasteiger partial charge in [0.15, 0.2) is 0 Å². The smallest absolute Gasteiger partial charge is 0.123 e. The van der Waals surface area contributed by atoms with Crippen molar-refractivity contribution in [2.45, 2.75) is 46.2 Å². The van der Waals surface area contributed by atoms with E-state index < -0.39 is 0 Å². The van der Waals surface area contributed by atoms with Gasteiger partial charge in [-0.15, -0.1) is 0 Å². The maximum absolute atomic E-state index is 5.54. The van der Waals surface area contributed by atoms with Crippen molar-refractivity contribution >= 4 is 0 Å². The molecule has 1 N–H and O–H groups in total. The Balaban J connectivity index is 2.00. The summed E-state index contributed by atoms with van der Waals surface area (Å²) in [5.41, 5.74) is 2.67. The zero-order chi connectivity index (χ0) is 15.1. The van der Waals surface area contributed by atoms with Gasteiger partial charge in [0.1, 0.15) is 5.75 Å². The molecule has 0 spiro atoms. The molecule has 0 radical (unpaired) electrons. The third-order valence-corrected chi connectivity index (χ3v) is 4.38. The molecule has 0 bridgehead atoms. The summed E-state index contributed by atoms with van der Waals surface area (Å²) in [6.07, 6.45) is 4.03. The molecular formula is C18H30N2O. The number of methoxy groups -OCH3 is 1. The largest absolute Gasteiger partial charge is 0.496 e. The lowest BCUT2D eigenvalue weighted by Gasteiger charge is -2.19. The number of rotatable bonds is 8. The van der Waals surface area contributed by atoms with Crippen LogP contribution in [0.15, 0.2) is 18.2 Å². The highest BCUT2D eigenvalue weighted by Crippen LogP contribution is 2.26. The number of benzene rings is 1. The van der Waals surface area contributed by atoms with Gasteiger partial charge >= 0.3 is 0 Å². The Morgan fingerprint density at radius 1 is 1.33 bits per heavy atom. The molecular weight excluding hydrogens is 260 g/mol. The Morgan fingerprint density at radius 2 is 2.19 bits per heavy atom. The second-order valence-electron chi connectivity index (χ2n) is 6.11. The van der Waals surface area contributed by atoms with Gasteiger partial charge in [-0.1, -0.05) is 26.3 Å². The third kappa shape index (κ3) is 4.72.